The summed E-state index contributed by atoms with van der Waals surface area (Å²) in [6.07, 6.45) is 1.63. The van der Waals surface area contributed by atoms with E-state index < -0.39 is 12.0 Å². The van der Waals surface area contributed by atoms with Crippen LogP contribution in [0.5, 0.6) is 0 Å². The van der Waals surface area contributed by atoms with Crippen molar-refractivity contribution < 1.29 is 24.1 Å². The second-order valence-electron chi connectivity index (χ2n) is 8.29. The molecule has 188 valence electrons. The fourth-order valence-corrected chi connectivity index (χ4v) is 6.06. The fraction of sp³-hybridized carbons (Fsp3) is 0.192. The minimum absolute atomic E-state index is 0.0770. The summed E-state index contributed by atoms with van der Waals surface area (Å²) in [7, 11) is 0. The smallest absolute Gasteiger partial charge is 0.338 e. The van der Waals surface area contributed by atoms with E-state index in [-0.39, 0.29) is 22.8 Å². The van der Waals surface area contributed by atoms with Crippen LogP contribution < -0.4 is 14.9 Å². The minimum Gasteiger partial charge on any atom is -0.463 e. The van der Waals surface area contributed by atoms with Gasteiger partial charge >= 0.3 is 11.7 Å². The third-order valence-corrected chi connectivity index (χ3v) is 7.85. The highest BCUT2D eigenvalue weighted by atomic mass is 32.1. The van der Waals surface area contributed by atoms with Crippen molar-refractivity contribution in [1.29, 1.82) is 0 Å². The van der Waals surface area contributed by atoms with Gasteiger partial charge in [-0.05, 0) is 49.9 Å². The number of hydrogen-bond donors (Lipinski definition) is 1. The van der Waals surface area contributed by atoms with Gasteiger partial charge in [-0.3, -0.25) is 9.36 Å². The van der Waals surface area contributed by atoms with E-state index in [0.717, 1.165) is 10.4 Å². The summed E-state index contributed by atoms with van der Waals surface area (Å²) in [6, 6.07) is 11.3. The van der Waals surface area contributed by atoms with E-state index in [0.29, 0.717) is 37.7 Å². The third-order valence-electron chi connectivity index (χ3n) is 5.94. The van der Waals surface area contributed by atoms with E-state index >= 15 is 0 Å². The average molecular weight is 537 g/mol. The number of thiophene rings is 1. The number of aromatic nitrogens is 1. The molecule has 11 heteroatoms. The van der Waals surface area contributed by atoms with Gasteiger partial charge in [-0.1, -0.05) is 23.5 Å². The normalized spacial score (nSPS) is 15.4. The topological polar surface area (TPSA) is 114 Å². The number of aryl methyl sites for hydroxylation is 1. The zero-order valence-corrected chi connectivity index (χ0v) is 21.8. The average Bonchev–Trinajstić information content (AvgIpc) is 3.61. The highest BCUT2D eigenvalue weighted by Crippen LogP contribution is 2.33. The number of furan rings is 1. The lowest BCUT2D eigenvalue weighted by Crippen LogP contribution is -2.39. The van der Waals surface area contributed by atoms with Crippen molar-refractivity contribution in [2.75, 3.05) is 6.61 Å². The van der Waals surface area contributed by atoms with Crippen LogP contribution in [0.15, 0.2) is 73.3 Å². The van der Waals surface area contributed by atoms with E-state index in [1.165, 1.54) is 39.4 Å². The number of esters is 1. The number of ether oxygens (including phenoxy) is 1. The number of carbonyl (C=O) groups excluding carboxylic acids is 1. The SMILES string of the molecule is CCOC(=O)C1=C(C)N=c2s/c(=C/c3ccc(-c4cc([N+](=O)O)ccc4C)o3)c(=O)n2C1c1cccs1. The summed E-state index contributed by atoms with van der Waals surface area (Å²) in [5.41, 5.74) is 2.12. The van der Waals surface area contributed by atoms with E-state index in [4.69, 9.17) is 9.15 Å². The van der Waals surface area contributed by atoms with E-state index in [2.05, 4.69) is 4.99 Å². The number of allylic oxidation sites excluding steroid dienone is 1. The summed E-state index contributed by atoms with van der Waals surface area (Å²) in [4.78, 5) is 43.4. The zero-order valence-electron chi connectivity index (χ0n) is 20.1. The molecule has 4 aromatic rings. The van der Waals surface area contributed by atoms with Crippen LogP contribution >= 0.6 is 22.7 Å². The summed E-state index contributed by atoms with van der Waals surface area (Å²) >= 11 is 2.66. The van der Waals surface area contributed by atoms with Gasteiger partial charge in [0.25, 0.3) is 10.5 Å². The molecule has 1 N–H and O–H groups in total. The minimum atomic E-state index is -0.636. The van der Waals surface area contributed by atoms with Crippen molar-refractivity contribution in [1.82, 2.24) is 4.57 Å². The molecule has 0 saturated carbocycles. The molecule has 1 unspecified atom stereocenters. The number of carbonyl (C=O) groups is 1. The monoisotopic (exact) mass is 536 g/mol. The molecule has 0 radical (unpaired) electrons. The Balaban J connectivity index is 1.61. The van der Waals surface area contributed by atoms with Crippen LogP contribution in [0.1, 0.15) is 36.1 Å². The molecule has 0 saturated heterocycles. The molecule has 3 aromatic heterocycles. The Bertz CT molecular complexity index is 1740. The molecule has 1 aliphatic rings. The quantitative estimate of drug-likeness (QED) is 0.291. The lowest BCUT2D eigenvalue weighted by Gasteiger charge is -2.23. The maximum absolute atomic E-state index is 13.6. The van der Waals surface area contributed by atoms with Gasteiger partial charge in [-0.15, -0.1) is 11.3 Å². The van der Waals surface area contributed by atoms with Gasteiger partial charge in [0.2, 0.25) is 0 Å². The van der Waals surface area contributed by atoms with Crippen LogP contribution in [0.2, 0.25) is 0 Å². The van der Waals surface area contributed by atoms with E-state index in [9.17, 15) is 19.7 Å². The zero-order chi connectivity index (χ0) is 26.3. The second kappa shape index (κ2) is 9.75. The van der Waals surface area contributed by atoms with Gasteiger partial charge in [0, 0.05) is 28.6 Å². The summed E-state index contributed by atoms with van der Waals surface area (Å²) < 4.78 is 13.2. The predicted octanol–water partition coefficient (Wildman–Crippen LogP) is 4.23. The predicted molar refractivity (Wildman–Crippen MR) is 139 cm³/mol. The maximum Gasteiger partial charge on any atom is 0.338 e. The standard InChI is InChI=1S/C26H22N3O6S2/c1-4-34-25(31)22-15(3)27-26-28(23(22)20-6-5-11-36-20)24(30)21(37-26)13-17-9-10-19(35-17)18-12-16(29(32)33)8-7-14(18)2/h5-13,23H,4H2,1-3H3,(H,32,33)/q+1/b21-13+. The Labute approximate surface area is 218 Å². The largest absolute Gasteiger partial charge is 0.463 e. The van der Waals surface area contributed by atoms with E-state index in [1.54, 1.807) is 38.1 Å². The van der Waals surface area contributed by atoms with E-state index in [1.807, 2.05) is 24.4 Å². The van der Waals surface area contributed by atoms with Crippen molar-refractivity contribution in [2.24, 2.45) is 4.99 Å². The molecule has 0 amide bonds. The first-order valence-electron chi connectivity index (χ1n) is 11.4. The molecular weight excluding hydrogens is 514 g/mol. The molecule has 1 aliphatic heterocycles. The number of benzene rings is 1. The highest BCUT2D eigenvalue weighted by molar-refractivity contribution is 7.10. The van der Waals surface area contributed by atoms with Crippen LogP contribution in [0, 0.1) is 11.8 Å². The molecule has 1 atom stereocenters. The number of nitrogens with zero attached hydrogens (tertiary/aromatic N) is 3. The fourth-order valence-electron chi connectivity index (χ4n) is 4.21. The van der Waals surface area contributed by atoms with Crippen molar-refractivity contribution in [3.8, 4) is 11.3 Å². The Morgan fingerprint density at radius 3 is 2.78 bits per heavy atom. The Morgan fingerprint density at radius 1 is 1.27 bits per heavy atom. The van der Waals surface area contributed by atoms with Gasteiger partial charge in [-0.25, -0.2) is 15.0 Å². The first-order valence-corrected chi connectivity index (χ1v) is 13.1. The molecule has 5 rings (SSSR count). The second-order valence-corrected chi connectivity index (χ2v) is 10.3. The number of fused-ring (bicyclic) bond motifs is 1. The van der Waals surface area contributed by atoms with Crippen molar-refractivity contribution in [3.63, 3.8) is 0 Å². The summed E-state index contributed by atoms with van der Waals surface area (Å²) in [6.45, 7) is 5.55. The molecule has 1 aromatic carbocycles. The third kappa shape index (κ3) is 4.47. The van der Waals surface area contributed by atoms with Crippen LogP contribution in [-0.4, -0.2) is 27.3 Å². The molecular formula is C26H22N3O6S2+. The van der Waals surface area contributed by atoms with Gasteiger partial charge in [0.05, 0.1) is 27.3 Å². The highest BCUT2D eigenvalue weighted by Gasteiger charge is 2.33. The Hall–Kier alpha value is -4.09. The van der Waals surface area contributed by atoms with Crippen molar-refractivity contribution >= 4 is 40.4 Å². The molecule has 4 heterocycles. The number of thiazole rings is 1. The Morgan fingerprint density at radius 2 is 2.08 bits per heavy atom. The number of hydrogen-bond acceptors (Lipinski definition) is 8. The van der Waals surface area contributed by atoms with Crippen LogP contribution in [0.4, 0.5) is 5.69 Å². The first kappa shape index (κ1) is 24.6. The van der Waals surface area contributed by atoms with Crippen LogP contribution in [0.3, 0.4) is 0 Å². The molecule has 0 aliphatic carbocycles. The summed E-state index contributed by atoms with van der Waals surface area (Å²) in [5.74, 6) is 0.420. The van der Waals surface area contributed by atoms with Gasteiger partial charge < -0.3 is 9.15 Å². The molecule has 9 nitrogen and oxygen atoms in total. The first-order chi connectivity index (χ1) is 17.8. The van der Waals surface area contributed by atoms with Crippen LogP contribution in [-0.2, 0) is 9.53 Å². The molecule has 37 heavy (non-hydrogen) atoms. The lowest BCUT2D eigenvalue weighted by molar-refractivity contribution is -0.729. The van der Waals surface area contributed by atoms with Crippen molar-refractivity contribution in [3.05, 3.63) is 99.9 Å². The summed E-state index contributed by atoms with van der Waals surface area (Å²) in [5, 5.41) is 11.1. The van der Waals surface area contributed by atoms with Crippen LogP contribution in [0.25, 0.3) is 17.4 Å². The number of rotatable bonds is 6. The molecule has 0 spiro atoms. The van der Waals surface area contributed by atoms with Crippen molar-refractivity contribution in [2.45, 2.75) is 26.8 Å². The lowest BCUT2D eigenvalue weighted by atomic mass is 10.0. The Kier molecular flexibility index (Phi) is 6.48. The molecule has 0 bridgehead atoms. The molecule has 0 fully saturated rings. The van der Waals surface area contributed by atoms with Gasteiger partial charge in [0.15, 0.2) is 4.80 Å². The van der Waals surface area contributed by atoms with Gasteiger partial charge in [-0.2, -0.15) is 0 Å². The van der Waals surface area contributed by atoms with Gasteiger partial charge in [0.1, 0.15) is 17.6 Å². The maximum atomic E-state index is 13.6.